The van der Waals surface area contributed by atoms with Crippen molar-refractivity contribution in [1.29, 1.82) is 0 Å². The van der Waals surface area contributed by atoms with E-state index in [1.807, 2.05) is 20.8 Å². The van der Waals surface area contributed by atoms with Crippen LogP contribution in [0, 0.1) is 6.92 Å². The highest BCUT2D eigenvalue weighted by molar-refractivity contribution is 5.24. The predicted molar refractivity (Wildman–Crippen MR) is 73.1 cm³/mol. The first-order chi connectivity index (χ1) is 9.04. The van der Waals surface area contributed by atoms with Crippen molar-refractivity contribution in [3.63, 3.8) is 0 Å². The predicted octanol–water partition coefficient (Wildman–Crippen LogP) is 1.28. The quantitative estimate of drug-likeness (QED) is 0.755. The summed E-state index contributed by atoms with van der Waals surface area (Å²) >= 11 is 0. The van der Waals surface area contributed by atoms with Crippen molar-refractivity contribution in [3.8, 4) is 0 Å². The molecule has 0 spiro atoms. The van der Waals surface area contributed by atoms with Crippen molar-refractivity contribution in [2.24, 2.45) is 0 Å². The number of aromatic amines is 1. The van der Waals surface area contributed by atoms with Crippen LogP contribution in [0.25, 0.3) is 0 Å². The summed E-state index contributed by atoms with van der Waals surface area (Å²) in [5.74, 6) is 0. The molecule has 5 heteroatoms. The zero-order valence-corrected chi connectivity index (χ0v) is 11.9. The summed E-state index contributed by atoms with van der Waals surface area (Å²) in [6.45, 7) is 7.64. The summed E-state index contributed by atoms with van der Waals surface area (Å²) in [6.07, 6.45) is -2.13. The van der Waals surface area contributed by atoms with Crippen LogP contribution in [0.2, 0.25) is 0 Å². The zero-order chi connectivity index (χ0) is 14.6. The van der Waals surface area contributed by atoms with Crippen LogP contribution in [-0.4, -0.2) is 33.5 Å². The van der Waals surface area contributed by atoms with E-state index in [9.17, 15) is 15.0 Å². The molecule has 2 heterocycles. The van der Waals surface area contributed by atoms with E-state index in [1.165, 1.54) is 6.07 Å². The van der Waals surface area contributed by atoms with Gasteiger partial charge in [-0.2, -0.15) is 0 Å². The van der Waals surface area contributed by atoms with Crippen LogP contribution in [0.5, 0.6) is 0 Å². The van der Waals surface area contributed by atoms with E-state index in [2.05, 4.69) is 4.98 Å². The Morgan fingerprint density at radius 1 is 1.26 bits per heavy atom. The minimum atomic E-state index is -0.954. The molecule has 0 radical (unpaired) electrons. The van der Waals surface area contributed by atoms with Gasteiger partial charge in [0.2, 0.25) is 5.56 Å². The topological polar surface area (TPSA) is 82.6 Å². The van der Waals surface area contributed by atoms with Crippen molar-refractivity contribution >= 4 is 0 Å². The van der Waals surface area contributed by atoms with Gasteiger partial charge in [0.1, 0.15) is 18.3 Å². The molecular weight excluding hydrogens is 246 g/mol. The van der Waals surface area contributed by atoms with Crippen molar-refractivity contribution in [2.45, 2.75) is 58.5 Å². The fourth-order valence-electron chi connectivity index (χ4n) is 2.24. The maximum Gasteiger partial charge on any atom is 0.248 e. The normalized spacial score (nSPS) is 29.8. The van der Waals surface area contributed by atoms with Crippen molar-refractivity contribution in [3.05, 3.63) is 33.7 Å². The van der Waals surface area contributed by atoms with Crippen LogP contribution in [0.15, 0.2) is 16.9 Å². The second-order valence-corrected chi connectivity index (χ2v) is 4.39. The molecule has 1 aromatic heterocycles. The van der Waals surface area contributed by atoms with Crippen LogP contribution >= 0.6 is 0 Å². The SMILES string of the molecule is CC.CCC1OC(c2ccc(=O)[nH]c2C)C(O)C1O. The fourth-order valence-corrected chi connectivity index (χ4v) is 2.24. The second kappa shape index (κ2) is 6.84. The summed E-state index contributed by atoms with van der Waals surface area (Å²) in [5, 5.41) is 19.7. The zero-order valence-electron chi connectivity index (χ0n) is 11.9. The second-order valence-electron chi connectivity index (χ2n) is 4.39. The molecule has 3 N–H and O–H groups in total. The Morgan fingerprint density at radius 2 is 1.89 bits per heavy atom. The Morgan fingerprint density at radius 3 is 2.37 bits per heavy atom. The Bertz CT molecular complexity index is 457. The molecule has 4 atom stereocenters. The van der Waals surface area contributed by atoms with E-state index >= 15 is 0 Å². The van der Waals surface area contributed by atoms with Crippen molar-refractivity contribution < 1.29 is 14.9 Å². The summed E-state index contributed by atoms with van der Waals surface area (Å²) in [7, 11) is 0. The Hall–Kier alpha value is -1.17. The lowest BCUT2D eigenvalue weighted by Gasteiger charge is -2.16. The largest absolute Gasteiger partial charge is 0.388 e. The maximum absolute atomic E-state index is 11.1. The lowest BCUT2D eigenvalue weighted by atomic mass is 10.00. The highest BCUT2D eigenvalue weighted by Crippen LogP contribution is 2.35. The number of H-pyrrole nitrogens is 1. The average molecular weight is 269 g/mol. The van der Waals surface area contributed by atoms with Gasteiger partial charge in [-0.1, -0.05) is 20.8 Å². The summed E-state index contributed by atoms with van der Waals surface area (Å²) in [5.41, 5.74) is 1.18. The van der Waals surface area contributed by atoms with Crippen LogP contribution < -0.4 is 5.56 Å². The third-order valence-corrected chi connectivity index (χ3v) is 3.23. The molecule has 19 heavy (non-hydrogen) atoms. The number of aliphatic hydroxyl groups is 2. The fraction of sp³-hybridized carbons (Fsp3) is 0.643. The number of ether oxygens (including phenoxy) is 1. The highest BCUT2D eigenvalue weighted by atomic mass is 16.5. The molecule has 1 fully saturated rings. The van der Waals surface area contributed by atoms with E-state index in [4.69, 9.17) is 4.74 Å². The third-order valence-electron chi connectivity index (χ3n) is 3.23. The molecule has 1 aliphatic rings. The number of aromatic nitrogens is 1. The Labute approximate surface area is 113 Å². The first kappa shape index (κ1) is 15.9. The molecule has 1 aliphatic heterocycles. The van der Waals surface area contributed by atoms with Gasteiger partial charge in [-0.3, -0.25) is 4.79 Å². The third kappa shape index (κ3) is 3.23. The number of aliphatic hydroxyl groups excluding tert-OH is 2. The molecule has 4 unspecified atom stereocenters. The molecule has 0 saturated carbocycles. The summed E-state index contributed by atoms with van der Waals surface area (Å²) < 4.78 is 5.62. The number of nitrogens with one attached hydrogen (secondary N) is 1. The molecule has 1 aromatic rings. The molecule has 0 aliphatic carbocycles. The van der Waals surface area contributed by atoms with Gasteiger partial charge in [-0.25, -0.2) is 0 Å². The van der Waals surface area contributed by atoms with Crippen LogP contribution in [0.1, 0.15) is 44.6 Å². The highest BCUT2D eigenvalue weighted by Gasteiger charge is 2.42. The molecule has 1 saturated heterocycles. The van der Waals surface area contributed by atoms with Gasteiger partial charge in [-0.05, 0) is 19.4 Å². The molecular formula is C14H23NO4. The molecule has 0 bridgehead atoms. The van der Waals surface area contributed by atoms with E-state index in [0.29, 0.717) is 17.7 Å². The van der Waals surface area contributed by atoms with Gasteiger partial charge in [0.25, 0.3) is 0 Å². The van der Waals surface area contributed by atoms with E-state index in [1.54, 1.807) is 13.0 Å². The van der Waals surface area contributed by atoms with Crippen molar-refractivity contribution in [1.82, 2.24) is 4.98 Å². The molecule has 0 amide bonds. The van der Waals surface area contributed by atoms with Gasteiger partial charge in [0, 0.05) is 17.3 Å². The van der Waals surface area contributed by atoms with Crippen LogP contribution in [-0.2, 0) is 4.74 Å². The Kier molecular flexibility index (Phi) is 5.72. The Balaban J connectivity index is 0.000000861. The van der Waals surface area contributed by atoms with E-state index in [0.717, 1.165) is 0 Å². The maximum atomic E-state index is 11.1. The standard InChI is InChI=1S/C12H17NO4.C2H6/c1-3-8-10(15)11(16)12(17-8)7-4-5-9(14)13-6(7)2;1-2/h4-5,8,10-12,15-16H,3H2,1-2H3,(H,13,14);1-2H3. The van der Waals surface area contributed by atoms with Crippen molar-refractivity contribution in [2.75, 3.05) is 0 Å². The number of pyridine rings is 1. The first-order valence-corrected chi connectivity index (χ1v) is 6.76. The molecule has 5 nitrogen and oxygen atoms in total. The van der Waals surface area contributed by atoms with Gasteiger partial charge in [0.15, 0.2) is 0 Å². The van der Waals surface area contributed by atoms with Crippen LogP contribution in [0.4, 0.5) is 0 Å². The molecule has 0 aromatic carbocycles. The molecule has 108 valence electrons. The summed E-state index contributed by atoms with van der Waals surface area (Å²) in [6, 6.07) is 3.02. The minimum absolute atomic E-state index is 0.189. The monoisotopic (exact) mass is 269 g/mol. The van der Waals surface area contributed by atoms with Crippen LogP contribution in [0.3, 0.4) is 0 Å². The smallest absolute Gasteiger partial charge is 0.248 e. The number of hydrogen-bond donors (Lipinski definition) is 3. The summed E-state index contributed by atoms with van der Waals surface area (Å²) in [4.78, 5) is 13.8. The lowest BCUT2D eigenvalue weighted by Crippen LogP contribution is -2.30. The number of hydrogen-bond acceptors (Lipinski definition) is 4. The number of aryl methyl sites for hydroxylation is 1. The van der Waals surface area contributed by atoms with Gasteiger partial charge >= 0.3 is 0 Å². The average Bonchev–Trinajstić information content (AvgIpc) is 2.69. The number of rotatable bonds is 2. The minimum Gasteiger partial charge on any atom is -0.388 e. The van der Waals surface area contributed by atoms with E-state index in [-0.39, 0.29) is 11.7 Å². The van der Waals surface area contributed by atoms with E-state index < -0.39 is 18.3 Å². The van der Waals surface area contributed by atoms with Gasteiger partial charge < -0.3 is 19.9 Å². The molecule has 2 rings (SSSR count). The first-order valence-electron chi connectivity index (χ1n) is 6.76. The van der Waals surface area contributed by atoms with Gasteiger partial charge in [-0.15, -0.1) is 0 Å². The van der Waals surface area contributed by atoms with Gasteiger partial charge in [0.05, 0.1) is 6.10 Å². The lowest BCUT2D eigenvalue weighted by molar-refractivity contribution is 0.00508.